The highest BCUT2D eigenvalue weighted by Gasteiger charge is 2.34. The Kier molecular flexibility index (Phi) is 7.53. The number of benzene rings is 3. The minimum atomic E-state index is -4.54. The number of carboxylic acids is 1. The number of rotatable bonds is 4. The molecule has 1 fully saturated rings. The van der Waals surface area contributed by atoms with Gasteiger partial charge < -0.3 is 19.5 Å². The van der Waals surface area contributed by atoms with Gasteiger partial charge >= 0.3 is 12.1 Å². The molecule has 7 nitrogen and oxygen atoms in total. The van der Waals surface area contributed by atoms with Crippen molar-refractivity contribution in [1.82, 2.24) is 9.47 Å². The van der Waals surface area contributed by atoms with Gasteiger partial charge in [-0.3, -0.25) is 9.59 Å². The highest BCUT2D eigenvalue weighted by molar-refractivity contribution is 6.08. The van der Waals surface area contributed by atoms with E-state index in [1.165, 1.54) is 35.2 Å². The Morgan fingerprint density at radius 3 is 2.18 bits per heavy atom. The summed E-state index contributed by atoms with van der Waals surface area (Å²) in [6.07, 6.45) is -1.62. The van der Waals surface area contributed by atoms with Crippen LogP contribution in [-0.2, 0) is 19.3 Å². The van der Waals surface area contributed by atoms with Crippen molar-refractivity contribution >= 4 is 23.5 Å². The van der Waals surface area contributed by atoms with Crippen LogP contribution in [0.2, 0.25) is 0 Å². The van der Waals surface area contributed by atoms with Gasteiger partial charge in [0.25, 0.3) is 11.8 Å². The maximum absolute atomic E-state index is 14.2. The summed E-state index contributed by atoms with van der Waals surface area (Å²) < 4.78 is 42.9. The summed E-state index contributed by atoms with van der Waals surface area (Å²) in [7, 11) is 0. The van der Waals surface area contributed by atoms with Crippen LogP contribution < -0.4 is 4.90 Å². The second-order valence-electron chi connectivity index (χ2n) is 11.3. The average Bonchev–Trinajstić information content (AvgIpc) is 3.34. The fraction of sp³-hybridized carbons (Fsp3) is 0.265. The zero-order valence-electron chi connectivity index (χ0n) is 24.0. The van der Waals surface area contributed by atoms with Gasteiger partial charge in [0.05, 0.1) is 24.3 Å². The van der Waals surface area contributed by atoms with Gasteiger partial charge in [0.15, 0.2) is 0 Å². The topological polar surface area (TPSA) is 82.8 Å². The fourth-order valence-corrected chi connectivity index (χ4v) is 6.20. The lowest BCUT2D eigenvalue weighted by molar-refractivity contribution is -0.137. The molecule has 44 heavy (non-hydrogen) atoms. The molecule has 0 spiro atoms. The molecule has 1 N–H and O–H groups in total. The number of likely N-dealkylation sites (tertiary alicyclic amines) is 1. The Balaban J connectivity index is 1.41. The Morgan fingerprint density at radius 1 is 0.773 bits per heavy atom. The Morgan fingerprint density at radius 2 is 1.48 bits per heavy atom. The molecule has 0 bridgehead atoms. The number of anilines is 1. The minimum Gasteiger partial charge on any atom is -0.477 e. The number of aryl methyl sites for hydroxylation is 1. The number of hydrogen-bond donors (Lipinski definition) is 1. The fourth-order valence-electron chi connectivity index (χ4n) is 6.20. The summed E-state index contributed by atoms with van der Waals surface area (Å²) in [5.41, 5.74) is 2.65. The van der Waals surface area contributed by atoms with Gasteiger partial charge in [-0.1, -0.05) is 30.3 Å². The van der Waals surface area contributed by atoms with Crippen LogP contribution in [-0.4, -0.2) is 45.4 Å². The zero-order chi connectivity index (χ0) is 31.2. The number of nitrogens with zero attached hydrogens (tertiary/aromatic N) is 3. The molecule has 2 aliphatic heterocycles. The van der Waals surface area contributed by atoms with E-state index in [4.69, 9.17) is 0 Å². The van der Waals surface area contributed by atoms with Crippen molar-refractivity contribution in [3.63, 3.8) is 0 Å². The molecule has 2 aliphatic rings. The first kappa shape index (κ1) is 29.2. The van der Waals surface area contributed by atoms with Crippen LogP contribution in [0.1, 0.15) is 72.9 Å². The van der Waals surface area contributed by atoms with Crippen LogP contribution in [0.15, 0.2) is 72.8 Å². The van der Waals surface area contributed by atoms with Gasteiger partial charge in [-0.05, 0) is 90.9 Å². The lowest BCUT2D eigenvalue weighted by Crippen LogP contribution is -2.36. The number of fused-ring (bicyclic) bond motifs is 2. The van der Waals surface area contributed by atoms with Crippen LogP contribution in [0.5, 0.6) is 0 Å². The number of aromatic nitrogens is 1. The molecule has 0 saturated carbocycles. The van der Waals surface area contributed by atoms with Crippen molar-refractivity contribution in [2.75, 3.05) is 18.0 Å². The highest BCUT2D eigenvalue weighted by atomic mass is 19.4. The van der Waals surface area contributed by atoms with Gasteiger partial charge in [-0.15, -0.1) is 0 Å². The van der Waals surface area contributed by atoms with E-state index < -0.39 is 23.6 Å². The summed E-state index contributed by atoms with van der Waals surface area (Å²) in [6.45, 7) is 3.21. The van der Waals surface area contributed by atoms with E-state index in [1.807, 2.05) is 0 Å². The van der Waals surface area contributed by atoms with Crippen LogP contribution in [0.3, 0.4) is 0 Å². The molecule has 3 heterocycles. The second kappa shape index (κ2) is 11.3. The number of carbonyl (C=O) groups is 3. The first-order valence-corrected chi connectivity index (χ1v) is 14.5. The largest absolute Gasteiger partial charge is 0.477 e. The number of alkyl halides is 3. The van der Waals surface area contributed by atoms with Crippen molar-refractivity contribution in [2.45, 2.75) is 45.5 Å². The van der Waals surface area contributed by atoms with E-state index in [2.05, 4.69) is 0 Å². The number of piperidine rings is 1. The Hall–Kier alpha value is -4.86. The van der Waals surface area contributed by atoms with E-state index in [-0.39, 0.29) is 35.8 Å². The second-order valence-corrected chi connectivity index (χ2v) is 11.3. The summed E-state index contributed by atoms with van der Waals surface area (Å²) in [5.74, 6) is -1.64. The molecule has 6 rings (SSSR count). The summed E-state index contributed by atoms with van der Waals surface area (Å²) in [6, 6.07) is 18.2. The van der Waals surface area contributed by atoms with Gasteiger partial charge in [0.2, 0.25) is 0 Å². The molecule has 10 heteroatoms. The molecule has 0 aliphatic carbocycles. The van der Waals surface area contributed by atoms with E-state index >= 15 is 0 Å². The third-order valence-electron chi connectivity index (χ3n) is 8.45. The molecule has 226 valence electrons. The summed E-state index contributed by atoms with van der Waals surface area (Å²) in [4.78, 5) is 42.9. The highest BCUT2D eigenvalue weighted by Crippen LogP contribution is 2.39. The smallest absolute Gasteiger partial charge is 0.417 e. The minimum absolute atomic E-state index is 0.0245. The van der Waals surface area contributed by atoms with Crippen LogP contribution >= 0.6 is 0 Å². The number of carbonyl (C=O) groups excluding carboxylic acids is 2. The van der Waals surface area contributed by atoms with E-state index in [1.54, 1.807) is 52.8 Å². The van der Waals surface area contributed by atoms with E-state index in [9.17, 15) is 32.7 Å². The molecule has 2 amide bonds. The maximum atomic E-state index is 14.2. The number of amides is 2. The molecular weight excluding hydrogens is 571 g/mol. The van der Waals surface area contributed by atoms with Gasteiger partial charge in [-0.2, -0.15) is 13.2 Å². The maximum Gasteiger partial charge on any atom is 0.417 e. The standard InChI is InChI=1S/C34H30F3N3O4/c1-21-17-22(11-13-26(21)27-7-3-4-8-28(27)34(35,36)37)32(42)40-20-25-12-14-29(33(43)44)39(25)19-24-10-9-23(18-30(24)40)31(41)38-15-5-2-6-16-38/h3-4,7-14,17-18H,2,5-6,15-16,19-20H2,1H3,(H,43,44). The zero-order valence-corrected chi connectivity index (χ0v) is 24.0. The van der Waals surface area contributed by atoms with Gasteiger partial charge in [0.1, 0.15) is 5.69 Å². The van der Waals surface area contributed by atoms with Gasteiger partial charge in [0, 0.05) is 29.9 Å². The molecule has 0 radical (unpaired) electrons. The van der Waals surface area contributed by atoms with Crippen LogP contribution in [0.25, 0.3) is 11.1 Å². The molecule has 0 atom stereocenters. The number of halogens is 3. The van der Waals surface area contributed by atoms with Crippen LogP contribution in [0, 0.1) is 6.92 Å². The predicted octanol–water partition coefficient (Wildman–Crippen LogP) is 7.02. The number of hydrogen-bond acceptors (Lipinski definition) is 3. The Labute approximate surface area is 252 Å². The summed E-state index contributed by atoms with van der Waals surface area (Å²) in [5, 5.41) is 9.78. The molecule has 1 saturated heterocycles. The molecule has 1 aromatic heterocycles. The van der Waals surface area contributed by atoms with Crippen molar-refractivity contribution in [1.29, 1.82) is 0 Å². The van der Waals surface area contributed by atoms with Crippen molar-refractivity contribution < 1.29 is 32.7 Å². The lowest BCUT2D eigenvalue weighted by atomic mass is 9.94. The van der Waals surface area contributed by atoms with Crippen molar-refractivity contribution in [3.8, 4) is 11.1 Å². The number of carboxylic acid groups (broad SMARTS) is 1. The lowest BCUT2D eigenvalue weighted by Gasteiger charge is -2.28. The number of aromatic carboxylic acids is 1. The predicted molar refractivity (Wildman–Crippen MR) is 159 cm³/mol. The monoisotopic (exact) mass is 601 g/mol. The SMILES string of the molecule is Cc1cc(C(=O)N2Cc3ccc(C(=O)O)n3Cc3ccc(C(=O)N4CCCCC4)cc32)ccc1-c1ccccc1C(F)(F)F. The first-order chi connectivity index (χ1) is 21.0. The third-order valence-corrected chi connectivity index (χ3v) is 8.45. The summed E-state index contributed by atoms with van der Waals surface area (Å²) >= 11 is 0. The van der Waals surface area contributed by atoms with E-state index in [0.717, 1.165) is 25.3 Å². The molecule has 4 aromatic rings. The molecule has 3 aromatic carbocycles. The quantitative estimate of drug-likeness (QED) is 0.273. The molecular formula is C34H30F3N3O4. The Bertz CT molecular complexity index is 1790. The normalized spacial score (nSPS) is 14.9. The van der Waals surface area contributed by atoms with E-state index in [0.29, 0.717) is 46.7 Å². The third kappa shape index (κ3) is 5.36. The van der Waals surface area contributed by atoms with Crippen molar-refractivity contribution in [2.24, 2.45) is 0 Å². The van der Waals surface area contributed by atoms with Crippen LogP contribution in [0.4, 0.5) is 18.9 Å². The molecule has 0 unspecified atom stereocenters. The van der Waals surface area contributed by atoms with Gasteiger partial charge in [-0.25, -0.2) is 4.79 Å². The average molecular weight is 602 g/mol. The first-order valence-electron chi connectivity index (χ1n) is 14.5. The van der Waals surface area contributed by atoms with Crippen molar-refractivity contribution in [3.05, 3.63) is 112 Å².